The van der Waals surface area contributed by atoms with Crippen LogP contribution in [-0.2, 0) is 0 Å². The van der Waals surface area contributed by atoms with E-state index in [2.05, 4.69) is 0 Å². The quantitative estimate of drug-likeness (QED) is 0.739. The van der Waals surface area contributed by atoms with Crippen LogP contribution in [0.1, 0.15) is 51.9 Å². The minimum Gasteiger partial charge on any atom is -0.391 e. The zero-order chi connectivity index (χ0) is 13.2. The second kappa shape index (κ2) is 9.10. The molecule has 92 valence electrons. The first-order chi connectivity index (χ1) is 7.30. The summed E-state index contributed by atoms with van der Waals surface area (Å²) in [7, 11) is 0. The van der Waals surface area contributed by atoms with Gasteiger partial charge in [-0.1, -0.05) is 44.2 Å². The van der Waals surface area contributed by atoms with Crippen molar-refractivity contribution in [1.82, 2.24) is 0 Å². The van der Waals surface area contributed by atoms with E-state index in [1.807, 2.05) is 44.2 Å². The van der Waals surface area contributed by atoms with Gasteiger partial charge in [-0.2, -0.15) is 0 Å². The molecule has 0 atom stereocenters. The van der Waals surface area contributed by atoms with Gasteiger partial charge in [-0.25, -0.2) is 0 Å². The summed E-state index contributed by atoms with van der Waals surface area (Å²) in [6.07, 6.45) is 0. The Bertz CT molecular complexity index is 265. The van der Waals surface area contributed by atoms with Gasteiger partial charge in [-0.15, -0.1) is 0 Å². The molecule has 16 heavy (non-hydrogen) atoms. The van der Waals surface area contributed by atoms with E-state index in [1.165, 1.54) is 0 Å². The summed E-state index contributed by atoms with van der Waals surface area (Å²) in [5.41, 5.74) is 0.275. The van der Waals surface area contributed by atoms with Crippen molar-refractivity contribution in [1.29, 1.82) is 0 Å². The lowest BCUT2D eigenvalue weighted by Crippen LogP contribution is -2.10. The van der Waals surface area contributed by atoms with Gasteiger partial charge in [-0.3, -0.25) is 4.79 Å². The van der Waals surface area contributed by atoms with Crippen LogP contribution in [0.5, 0.6) is 0 Å². The Hall–Kier alpha value is -1.15. The average molecular weight is 224 g/mol. The first-order valence-corrected chi connectivity index (χ1v) is 5.59. The largest absolute Gasteiger partial charge is 0.391 e. The molecule has 0 aromatic heterocycles. The molecular weight excluding hydrogens is 200 g/mol. The molecule has 0 unspecified atom stereocenters. The van der Waals surface area contributed by atoms with Gasteiger partial charge in [0.1, 0.15) is 0 Å². The van der Waals surface area contributed by atoms with Gasteiger partial charge in [0.25, 0.3) is 0 Å². The van der Waals surface area contributed by atoms with Crippen LogP contribution in [0, 0.1) is 0 Å². The molecule has 0 radical (unpaired) electrons. The molecule has 1 rings (SSSR count). The lowest BCUT2D eigenvalue weighted by atomic mass is 10.2. The molecule has 0 saturated carbocycles. The molecule has 2 heteroatoms. The van der Waals surface area contributed by atoms with E-state index in [-0.39, 0.29) is 5.78 Å². The van der Waals surface area contributed by atoms with Crippen molar-refractivity contribution in [2.24, 2.45) is 0 Å². The molecule has 0 aliphatic carbocycles. The van der Waals surface area contributed by atoms with Crippen molar-refractivity contribution in [2.75, 3.05) is 0 Å². The van der Waals surface area contributed by atoms with E-state index < -0.39 is 5.60 Å². The standard InChI is InChI=1S/C8H8O.C4H10O.C2H6/c1-7(9)8-5-3-2-4-6-8;1-4(2,3)5;1-2/h2-6H,1H3;5H,1-3H3;1-2H3. The zero-order valence-corrected chi connectivity index (χ0v) is 11.2. The van der Waals surface area contributed by atoms with Crippen molar-refractivity contribution in [3.05, 3.63) is 35.9 Å². The van der Waals surface area contributed by atoms with E-state index in [1.54, 1.807) is 27.7 Å². The molecule has 0 aliphatic heterocycles. The SMILES string of the molecule is CC.CC(=O)c1ccccc1.CC(C)(C)O. The summed E-state index contributed by atoms with van der Waals surface area (Å²) >= 11 is 0. The molecule has 0 spiro atoms. The Labute approximate surface area is 99.3 Å². The fourth-order valence-electron chi connectivity index (χ4n) is 0.673. The maximum Gasteiger partial charge on any atom is 0.159 e. The summed E-state index contributed by atoms with van der Waals surface area (Å²) in [4.78, 5) is 10.6. The Kier molecular flexibility index (Phi) is 9.82. The number of hydrogen-bond acceptors (Lipinski definition) is 2. The van der Waals surface area contributed by atoms with Crippen molar-refractivity contribution >= 4 is 5.78 Å². The Morgan fingerprint density at radius 3 is 1.56 bits per heavy atom. The molecule has 0 saturated heterocycles. The second-order valence-electron chi connectivity index (χ2n) is 4.09. The highest BCUT2D eigenvalue weighted by atomic mass is 16.3. The monoisotopic (exact) mass is 224 g/mol. The molecular formula is C14H24O2. The summed E-state index contributed by atoms with van der Waals surface area (Å²) in [6, 6.07) is 9.23. The Balaban J connectivity index is 0. The Morgan fingerprint density at radius 1 is 1.06 bits per heavy atom. The van der Waals surface area contributed by atoms with E-state index in [0.29, 0.717) is 0 Å². The fraction of sp³-hybridized carbons (Fsp3) is 0.500. The van der Waals surface area contributed by atoms with Gasteiger partial charge in [-0.05, 0) is 27.7 Å². The zero-order valence-electron chi connectivity index (χ0n) is 11.2. The molecule has 1 aromatic carbocycles. The molecule has 0 fully saturated rings. The van der Waals surface area contributed by atoms with Crippen LogP contribution in [0.3, 0.4) is 0 Å². The van der Waals surface area contributed by atoms with Gasteiger partial charge < -0.3 is 5.11 Å². The summed E-state index contributed by atoms with van der Waals surface area (Å²) in [5.74, 6) is 0.121. The van der Waals surface area contributed by atoms with E-state index in [4.69, 9.17) is 5.11 Å². The maximum absolute atomic E-state index is 10.6. The Morgan fingerprint density at radius 2 is 1.38 bits per heavy atom. The summed E-state index contributed by atoms with van der Waals surface area (Å²) in [5, 5.41) is 8.52. The van der Waals surface area contributed by atoms with E-state index in [9.17, 15) is 4.79 Å². The lowest BCUT2D eigenvalue weighted by Gasteiger charge is -2.04. The van der Waals surface area contributed by atoms with Crippen LogP contribution in [0.2, 0.25) is 0 Å². The van der Waals surface area contributed by atoms with Crippen LogP contribution in [0.4, 0.5) is 0 Å². The number of hydrogen-bond donors (Lipinski definition) is 1. The third kappa shape index (κ3) is 15.3. The van der Waals surface area contributed by atoms with Gasteiger partial charge in [0.05, 0.1) is 5.60 Å². The second-order valence-corrected chi connectivity index (χ2v) is 4.09. The molecule has 1 aromatic rings. The van der Waals surface area contributed by atoms with E-state index >= 15 is 0 Å². The van der Waals surface area contributed by atoms with Crippen molar-refractivity contribution in [3.8, 4) is 0 Å². The number of benzene rings is 1. The number of rotatable bonds is 1. The van der Waals surface area contributed by atoms with Crippen LogP contribution >= 0.6 is 0 Å². The average Bonchev–Trinajstić information content (AvgIpc) is 2.20. The van der Waals surface area contributed by atoms with Gasteiger partial charge in [0.15, 0.2) is 5.78 Å². The molecule has 2 nitrogen and oxygen atoms in total. The molecule has 0 bridgehead atoms. The summed E-state index contributed by atoms with van der Waals surface area (Å²) in [6.45, 7) is 10.8. The smallest absolute Gasteiger partial charge is 0.159 e. The predicted octanol–water partition coefficient (Wildman–Crippen LogP) is 3.69. The summed E-state index contributed by atoms with van der Waals surface area (Å²) < 4.78 is 0. The third-order valence-corrected chi connectivity index (χ3v) is 1.18. The molecule has 0 aliphatic rings. The fourth-order valence-corrected chi connectivity index (χ4v) is 0.673. The van der Waals surface area contributed by atoms with Gasteiger partial charge >= 0.3 is 0 Å². The third-order valence-electron chi connectivity index (χ3n) is 1.18. The molecule has 0 amide bonds. The predicted molar refractivity (Wildman–Crippen MR) is 69.8 cm³/mol. The normalized spacial score (nSPS) is 9.19. The van der Waals surface area contributed by atoms with Crippen LogP contribution in [0.15, 0.2) is 30.3 Å². The molecule has 1 N–H and O–H groups in total. The number of aliphatic hydroxyl groups is 1. The number of carbonyl (C=O) groups is 1. The number of carbonyl (C=O) groups excluding carboxylic acids is 1. The van der Waals surface area contributed by atoms with Crippen LogP contribution in [-0.4, -0.2) is 16.5 Å². The van der Waals surface area contributed by atoms with Crippen molar-refractivity contribution in [2.45, 2.75) is 47.1 Å². The van der Waals surface area contributed by atoms with Crippen molar-refractivity contribution in [3.63, 3.8) is 0 Å². The maximum atomic E-state index is 10.6. The number of ketones is 1. The van der Waals surface area contributed by atoms with Gasteiger partial charge in [0, 0.05) is 5.56 Å². The van der Waals surface area contributed by atoms with Crippen molar-refractivity contribution < 1.29 is 9.90 Å². The number of Topliss-reactive ketones (excluding diaryl/α,β-unsaturated/α-hetero) is 1. The highest BCUT2D eigenvalue weighted by Gasteiger charge is 1.97. The van der Waals surface area contributed by atoms with Crippen LogP contribution in [0.25, 0.3) is 0 Å². The van der Waals surface area contributed by atoms with E-state index in [0.717, 1.165) is 5.56 Å². The first kappa shape index (κ1) is 17.3. The highest BCUT2D eigenvalue weighted by molar-refractivity contribution is 5.93. The van der Waals surface area contributed by atoms with Gasteiger partial charge in [0.2, 0.25) is 0 Å². The lowest BCUT2D eigenvalue weighted by molar-refractivity contribution is 0.101. The first-order valence-electron chi connectivity index (χ1n) is 5.59. The van der Waals surface area contributed by atoms with Crippen LogP contribution < -0.4 is 0 Å². The molecule has 0 heterocycles. The minimum absolute atomic E-state index is 0.121. The minimum atomic E-state index is -0.500. The topological polar surface area (TPSA) is 37.3 Å². The highest BCUT2D eigenvalue weighted by Crippen LogP contribution is 1.97.